The van der Waals surface area contributed by atoms with Crippen LogP contribution in [0.1, 0.15) is 23.1 Å². The molecule has 4 rings (SSSR count). The van der Waals surface area contributed by atoms with Crippen LogP contribution >= 0.6 is 22.6 Å². The van der Waals surface area contributed by atoms with E-state index in [1.54, 1.807) is 34.7 Å². The van der Waals surface area contributed by atoms with E-state index in [9.17, 15) is 27.9 Å². The average Bonchev–Trinajstić information content (AvgIpc) is 3.35. The van der Waals surface area contributed by atoms with Gasteiger partial charge in [-0.25, -0.2) is 0 Å². The summed E-state index contributed by atoms with van der Waals surface area (Å²) in [6.45, 7) is 0.835. The number of nitrogens with zero attached hydrogens (tertiary/aromatic N) is 3. The number of aliphatic hydroxyl groups is 1. The van der Waals surface area contributed by atoms with Crippen LogP contribution in [0.15, 0.2) is 66.7 Å². The van der Waals surface area contributed by atoms with Crippen molar-refractivity contribution in [3.8, 4) is 17.2 Å². The lowest BCUT2D eigenvalue weighted by molar-refractivity contribution is -0.138. The molecule has 2 N–H and O–H groups in total. The standard InChI is InChI=1S/C30H28F3IN4O3/c31-30(32,33)26-15-24(8-9-27(26)34)36-28(40)18-38(29(41)19-37-12-11-25(39)17-37)13-10-20-4-6-22(7-5-20)23-3-1-2-21(14-23)16-35/h1-9,14-15,25,39H,10-13,17-19H2,(H,36,40)/t25-/m1/s1. The lowest BCUT2D eigenvalue weighted by Crippen LogP contribution is -2.44. The Morgan fingerprint density at radius 1 is 1.10 bits per heavy atom. The first kappa shape index (κ1) is 30.5. The third-order valence-electron chi connectivity index (χ3n) is 6.80. The molecule has 0 saturated carbocycles. The Kier molecular flexibility index (Phi) is 10.0. The fourth-order valence-corrected chi connectivity index (χ4v) is 5.27. The number of carbonyl (C=O) groups excluding carboxylic acids is 2. The van der Waals surface area contributed by atoms with Gasteiger partial charge in [-0.2, -0.15) is 18.4 Å². The Bertz CT molecular complexity index is 1440. The fraction of sp³-hybridized carbons (Fsp3) is 0.300. The maximum atomic E-state index is 13.3. The molecule has 214 valence electrons. The molecular weight excluding hydrogens is 648 g/mol. The normalized spacial score (nSPS) is 15.4. The SMILES string of the molecule is N#Cc1cccc(-c2ccc(CCN(CC(=O)Nc3ccc(I)c(C(F)(F)F)c3)C(=O)CN3CC[C@@H](O)C3)cc2)c1. The monoisotopic (exact) mass is 676 g/mol. The number of benzene rings is 3. The summed E-state index contributed by atoms with van der Waals surface area (Å²) in [5.41, 5.74) is 2.47. The number of nitriles is 1. The van der Waals surface area contributed by atoms with Crippen molar-refractivity contribution in [1.29, 1.82) is 5.26 Å². The first-order valence-electron chi connectivity index (χ1n) is 13.0. The van der Waals surface area contributed by atoms with Gasteiger partial charge in [-0.3, -0.25) is 14.5 Å². The first-order chi connectivity index (χ1) is 19.5. The van der Waals surface area contributed by atoms with E-state index in [0.29, 0.717) is 31.5 Å². The van der Waals surface area contributed by atoms with E-state index in [4.69, 9.17) is 5.26 Å². The molecule has 3 aromatic rings. The van der Waals surface area contributed by atoms with Crippen LogP contribution in [-0.2, 0) is 22.2 Å². The number of amides is 2. The number of rotatable bonds is 9. The predicted molar refractivity (Wildman–Crippen MR) is 157 cm³/mol. The number of carbonyl (C=O) groups is 2. The smallest absolute Gasteiger partial charge is 0.392 e. The molecule has 7 nitrogen and oxygen atoms in total. The number of halogens is 4. The molecular formula is C30H28F3IN4O3. The van der Waals surface area contributed by atoms with Gasteiger partial charge in [0.15, 0.2) is 0 Å². The molecule has 1 aliphatic rings. The lowest BCUT2D eigenvalue weighted by atomic mass is 10.0. The van der Waals surface area contributed by atoms with Crippen LogP contribution in [0.5, 0.6) is 0 Å². The molecule has 0 radical (unpaired) electrons. The first-order valence-corrected chi connectivity index (χ1v) is 14.0. The van der Waals surface area contributed by atoms with Crippen molar-refractivity contribution in [2.75, 3.05) is 38.0 Å². The van der Waals surface area contributed by atoms with Crippen LogP contribution in [0.4, 0.5) is 18.9 Å². The number of alkyl halides is 3. The lowest BCUT2D eigenvalue weighted by Gasteiger charge is -2.25. The second-order valence-electron chi connectivity index (χ2n) is 9.87. The van der Waals surface area contributed by atoms with Crippen LogP contribution < -0.4 is 5.32 Å². The largest absolute Gasteiger partial charge is 0.417 e. The molecule has 0 aliphatic carbocycles. The van der Waals surface area contributed by atoms with Gasteiger partial charge in [0.05, 0.1) is 36.4 Å². The molecule has 11 heteroatoms. The highest BCUT2D eigenvalue weighted by Gasteiger charge is 2.33. The molecule has 41 heavy (non-hydrogen) atoms. The van der Waals surface area contributed by atoms with Crippen LogP contribution in [0.3, 0.4) is 0 Å². The Labute approximate surface area is 249 Å². The zero-order chi connectivity index (χ0) is 29.6. The van der Waals surface area contributed by atoms with Gasteiger partial charge in [-0.1, -0.05) is 36.4 Å². The zero-order valence-corrected chi connectivity index (χ0v) is 24.2. The van der Waals surface area contributed by atoms with E-state index in [-0.39, 0.29) is 34.8 Å². The Morgan fingerprint density at radius 3 is 2.51 bits per heavy atom. The summed E-state index contributed by atoms with van der Waals surface area (Å²) in [5, 5.41) is 21.5. The van der Waals surface area contributed by atoms with Gasteiger partial charge in [0, 0.05) is 28.9 Å². The van der Waals surface area contributed by atoms with Crippen molar-refractivity contribution in [2.45, 2.75) is 25.1 Å². The quantitative estimate of drug-likeness (QED) is 0.314. The summed E-state index contributed by atoms with van der Waals surface area (Å²) in [4.78, 5) is 29.3. The molecule has 1 fully saturated rings. The summed E-state index contributed by atoms with van der Waals surface area (Å²) in [6, 6.07) is 20.6. The minimum atomic E-state index is -4.56. The van der Waals surface area contributed by atoms with Crippen molar-refractivity contribution in [3.63, 3.8) is 0 Å². The highest BCUT2D eigenvalue weighted by molar-refractivity contribution is 14.1. The second kappa shape index (κ2) is 13.5. The van der Waals surface area contributed by atoms with Gasteiger partial charge in [-0.15, -0.1) is 0 Å². The topological polar surface area (TPSA) is 96.7 Å². The van der Waals surface area contributed by atoms with Crippen LogP contribution in [0.25, 0.3) is 11.1 Å². The number of aliphatic hydroxyl groups excluding tert-OH is 1. The van der Waals surface area contributed by atoms with Crippen molar-refractivity contribution < 1.29 is 27.9 Å². The van der Waals surface area contributed by atoms with Crippen molar-refractivity contribution in [1.82, 2.24) is 9.80 Å². The average molecular weight is 676 g/mol. The molecule has 3 aromatic carbocycles. The third kappa shape index (κ3) is 8.51. The molecule has 0 bridgehead atoms. The highest BCUT2D eigenvalue weighted by atomic mass is 127. The molecule has 1 aliphatic heterocycles. The summed E-state index contributed by atoms with van der Waals surface area (Å²) in [7, 11) is 0. The Hall–Kier alpha value is -3.47. The third-order valence-corrected chi connectivity index (χ3v) is 7.74. The van der Waals surface area contributed by atoms with E-state index in [0.717, 1.165) is 22.8 Å². The molecule has 0 aromatic heterocycles. The molecule has 2 amide bonds. The predicted octanol–water partition coefficient (Wildman–Crippen LogP) is 4.93. The van der Waals surface area contributed by atoms with Crippen LogP contribution in [-0.4, -0.2) is 65.5 Å². The van der Waals surface area contributed by atoms with Gasteiger partial charge in [0.25, 0.3) is 0 Å². The van der Waals surface area contributed by atoms with Crippen LogP contribution in [0, 0.1) is 14.9 Å². The molecule has 1 heterocycles. The molecule has 0 unspecified atom stereocenters. The molecule has 0 spiro atoms. The second-order valence-corrected chi connectivity index (χ2v) is 11.0. The van der Waals surface area contributed by atoms with Crippen molar-refractivity contribution in [2.24, 2.45) is 0 Å². The number of nitrogens with one attached hydrogen (secondary N) is 1. The number of hydrogen-bond acceptors (Lipinski definition) is 5. The fourth-order valence-electron chi connectivity index (χ4n) is 4.63. The highest BCUT2D eigenvalue weighted by Crippen LogP contribution is 2.34. The van der Waals surface area contributed by atoms with E-state index in [2.05, 4.69) is 11.4 Å². The summed E-state index contributed by atoms with van der Waals surface area (Å²) >= 11 is 1.59. The summed E-state index contributed by atoms with van der Waals surface area (Å²) in [6.07, 6.45) is -4.06. The van der Waals surface area contributed by atoms with Gasteiger partial charge in [0.1, 0.15) is 0 Å². The molecule has 1 atom stereocenters. The Morgan fingerprint density at radius 2 is 1.85 bits per heavy atom. The van der Waals surface area contributed by atoms with Gasteiger partial charge in [0.2, 0.25) is 11.8 Å². The maximum Gasteiger partial charge on any atom is 0.417 e. The van der Waals surface area contributed by atoms with Gasteiger partial charge >= 0.3 is 6.18 Å². The van der Waals surface area contributed by atoms with Crippen molar-refractivity contribution >= 4 is 40.1 Å². The minimum Gasteiger partial charge on any atom is -0.392 e. The number of hydrogen-bond donors (Lipinski definition) is 2. The maximum absolute atomic E-state index is 13.3. The van der Waals surface area contributed by atoms with E-state index >= 15 is 0 Å². The molecule has 1 saturated heterocycles. The summed E-state index contributed by atoms with van der Waals surface area (Å²) < 4.78 is 40.0. The van der Waals surface area contributed by atoms with E-state index < -0.39 is 23.8 Å². The van der Waals surface area contributed by atoms with Gasteiger partial charge < -0.3 is 15.3 Å². The van der Waals surface area contributed by atoms with Gasteiger partial charge in [-0.05, 0) is 82.5 Å². The number of β-amino-alcohol motifs (C(OH)–C–C–N with tert-alkyl or cyclic N) is 1. The minimum absolute atomic E-state index is 0.00568. The van der Waals surface area contributed by atoms with Crippen molar-refractivity contribution in [3.05, 3.63) is 87.0 Å². The van der Waals surface area contributed by atoms with E-state index in [1.807, 2.05) is 41.3 Å². The number of likely N-dealkylation sites (tertiary alicyclic amines) is 1. The summed E-state index contributed by atoms with van der Waals surface area (Å²) in [5.74, 6) is -0.917. The number of anilines is 1. The van der Waals surface area contributed by atoms with E-state index in [1.165, 1.54) is 17.0 Å². The Balaban J connectivity index is 1.44. The van der Waals surface area contributed by atoms with Crippen LogP contribution in [0.2, 0.25) is 0 Å². The zero-order valence-electron chi connectivity index (χ0n) is 22.0.